The molecule has 1 aliphatic heterocycles. The van der Waals surface area contributed by atoms with Crippen molar-refractivity contribution >= 4 is 10.0 Å². The van der Waals surface area contributed by atoms with Crippen LogP contribution in [0.3, 0.4) is 0 Å². The minimum atomic E-state index is -5.55. The quantitative estimate of drug-likeness (QED) is 0.657. The second-order valence-electron chi connectivity index (χ2n) is 7.32. The smallest absolute Gasteiger partial charge is 0.390 e. The Morgan fingerprint density at radius 3 is 2.28 bits per heavy atom. The van der Waals surface area contributed by atoms with Crippen LogP contribution < -0.4 is 4.72 Å². The van der Waals surface area contributed by atoms with Gasteiger partial charge in [-0.05, 0) is 31.4 Å². The largest absolute Gasteiger partial charge is 0.418 e. The predicted molar refractivity (Wildman–Crippen MR) is 92.5 cm³/mol. The van der Waals surface area contributed by atoms with Gasteiger partial charge >= 0.3 is 12.4 Å². The Morgan fingerprint density at radius 2 is 1.79 bits per heavy atom. The SMILES string of the molecule is CC1CC(C)N(CC(O)CNS(=O)(=O)c2cccc(C(F)(F)F)c2C(F)(F)F)C1. The number of aliphatic hydroxyl groups is 1. The van der Waals surface area contributed by atoms with Crippen molar-refractivity contribution in [1.82, 2.24) is 9.62 Å². The monoisotopic (exact) mass is 448 g/mol. The first kappa shape index (κ1) is 23.9. The number of rotatable bonds is 6. The summed E-state index contributed by atoms with van der Waals surface area (Å²) in [5.41, 5.74) is -4.37. The van der Waals surface area contributed by atoms with E-state index in [9.17, 15) is 39.9 Å². The van der Waals surface area contributed by atoms with Crippen molar-refractivity contribution in [2.75, 3.05) is 19.6 Å². The van der Waals surface area contributed by atoms with Crippen molar-refractivity contribution in [1.29, 1.82) is 0 Å². The Kier molecular flexibility index (Phi) is 6.93. The molecule has 3 atom stereocenters. The molecule has 0 aromatic heterocycles. The first-order chi connectivity index (χ1) is 13.1. The highest BCUT2D eigenvalue weighted by Crippen LogP contribution is 2.43. The Balaban J connectivity index is 2.23. The number of sulfonamides is 1. The highest BCUT2D eigenvalue weighted by Gasteiger charge is 2.46. The van der Waals surface area contributed by atoms with Crippen LogP contribution in [-0.2, 0) is 22.4 Å². The van der Waals surface area contributed by atoms with Crippen LogP contribution in [0.15, 0.2) is 23.1 Å². The minimum Gasteiger partial charge on any atom is -0.390 e. The van der Waals surface area contributed by atoms with Crippen molar-refractivity contribution in [3.8, 4) is 0 Å². The fraction of sp³-hybridized carbons (Fsp3) is 0.647. The summed E-state index contributed by atoms with van der Waals surface area (Å²) in [5, 5.41) is 10.1. The lowest BCUT2D eigenvalue weighted by atomic mass is 10.1. The van der Waals surface area contributed by atoms with Crippen LogP contribution in [0.1, 0.15) is 31.4 Å². The number of likely N-dealkylation sites (tertiary alicyclic amines) is 1. The molecular weight excluding hydrogens is 426 g/mol. The molecule has 12 heteroatoms. The van der Waals surface area contributed by atoms with Crippen LogP contribution >= 0.6 is 0 Å². The van der Waals surface area contributed by atoms with Gasteiger partial charge in [-0.25, -0.2) is 13.1 Å². The van der Waals surface area contributed by atoms with Gasteiger partial charge in [0, 0.05) is 25.7 Å². The summed E-state index contributed by atoms with van der Waals surface area (Å²) in [6.45, 7) is 4.07. The van der Waals surface area contributed by atoms with Crippen LogP contribution in [0.25, 0.3) is 0 Å². The molecule has 166 valence electrons. The van der Waals surface area contributed by atoms with Crippen LogP contribution in [-0.4, -0.2) is 50.2 Å². The fourth-order valence-electron chi connectivity index (χ4n) is 3.54. The molecule has 5 nitrogen and oxygen atoms in total. The third-order valence-corrected chi connectivity index (χ3v) is 6.24. The van der Waals surface area contributed by atoms with Gasteiger partial charge in [0.2, 0.25) is 10.0 Å². The molecule has 1 aromatic carbocycles. The molecule has 1 aliphatic rings. The van der Waals surface area contributed by atoms with E-state index in [4.69, 9.17) is 0 Å². The number of benzene rings is 1. The number of nitrogens with zero attached hydrogens (tertiary/aromatic N) is 1. The molecule has 3 unspecified atom stereocenters. The van der Waals surface area contributed by atoms with Crippen LogP contribution in [0, 0.1) is 5.92 Å². The first-order valence-corrected chi connectivity index (χ1v) is 10.3. The number of nitrogens with one attached hydrogen (secondary N) is 1. The third-order valence-electron chi connectivity index (χ3n) is 4.77. The van der Waals surface area contributed by atoms with Gasteiger partial charge in [-0.1, -0.05) is 13.0 Å². The van der Waals surface area contributed by atoms with Gasteiger partial charge in [0.15, 0.2) is 0 Å². The topological polar surface area (TPSA) is 69.6 Å². The third kappa shape index (κ3) is 5.83. The Hall–Kier alpha value is -1.37. The number of hydrogen-bond donors (Lipinski definition) is 2. The van der Waals surface area contributed by atoms with E-state index < -0.39 is 51.0 Å². The summed E-state index contributed by atoms with van der Waals surface area (Å²) < 4.78 is 105. The van der Waals surface area contributed by atoms with E-state index in [0.29, 0.717) is 24.6 Å². The highest BCUT2D eigenvalue weighted by atomic mass is 32.2. The van der Waals surface area contributed by atoms with Gasteiger partial charge in [0.1, 0.15) is 0 Å². The molecule has 2 rings (SSSR count). The molecule has 1 fully saturated rings. The number of β-amino-alcohol motifs (C(OH)–C–C–N with tert-alkyl or cyclic N) is 1. The van der Waals surface area contributed by atoms with Crippen molar-refractivity contribution in [2.24, 2.45) is 5.92 Å². The van der Waals surface area contributed by atoms with Crippen LogP contribution in [0.4, 0.5) is 26.3 Å². The molecule has 1 heterocycles. The molecule has 1 saturated heterocycles. The van der Waals surface area contributed by atoms with E-state index >= 15 is 0 Å². The van der Waals surface area contributed by atoms with Gasteiger partial charge in [-0.3, -0.25) is 4.90 Å². The summed E-state index contributed by atoms with van der Waals surface area (Å²) >= 11 is 0. The van der Waals surface area contributed by atoms with Crippen molar-refractivity contribution in [3.05, 3.63) is 29.3 Å². The normalized spacial score (nSPS) is 22.8. The summed E-state index contributed by atoms with van der Waals surface area (Å²) in [6, 6.07) is 1.37. The number of hydrogen-bond acceptors (Lipinski definition) is 4. The average Bonchev–Trinajstić information content (AvgIpc) is 2.88. The molecule has 0 saturated carbocycles. The summed E-state index contributed by atoms with van der Waals surface area (Å²) in [5.74, 6) is 0.383. The lowest BCUT2D eigenvalue weighted by molar-refractivity contribution is -0.163. The van der Waals surface area contributed by atoms with Gasteiger partial charge in [-0.15, -0.1) is 0 Å². The van der Waals surface area contributed by atoms with E-state index in [2.05, 4.69) is 0 Å². The van der Waals surface area contributed by atoms with Crippen molar-refractivity contribution < 1.29 is 39.9 Å². The minimum absolute atomic E-state index is 0.0861. The molecule has 29 heavy (non-hydrogen) atoms. The maximum absolute atomic E-state index is 13.3. The molecule has 2 N–H and O–H groups in total. The Morgan fingerprint density at radius 1 is 1.17 bits per heavy atom. The highest BCUT2D eigenvalue weighted by molar-refractivity contribution is 7.89. The standard InChI is InChI=1S/C17H22F6N2O3S/c1-10-6-11(2)25(8-10)9-12(26)7-24-29(27,28)14-5-3-4-13(16(18,19)20)15(14)17(21,22)23/h3-5,10-12,24,26H,6-9H2,1-2H3. The second-order valence-corrected chi connectivity index (χ2v) is 9.06. The van der Waals surface area contributed by atoms with Gasteiger partial charge < -0.3 is 5.11 Å². The second kappa shape index (κ2) is 8.40. The Labute approximate surface area is 164 Å². The zero-order valence-electron chi connectivity index (χ0n) is 15.7. The molecule has 0 bridgehead atoms. The predicted octanol–water partition coefficient (Wildman–Crippen LogP) is 3.09. The summed E-state index contributed by atoms with van der Waals surface area (Å²) in [6.07, 6.45) is -11.3. The maximum Gasteiger partial charge on any atom is 0.418 e. The van der Waals surface area contributed by atoms with Crippen LogP contribution in [0.5, 0.6) is 0 Å². The zero-order valence-corrected chi connectivity index (χ0v) is 16.5. The average molecular weight is 448 g/mol. The Bertz CT molecular complexity index is 825. The van der Waals surface area contributed by atoms with E-state index in [0.717, 1.165) is 6.42 Å². The number of alkyl halides is 6. The van der Waals surface area contributed by atoms with E-state index in [1.54, 1.807) is 4.72 Å². The van der Waals surface area contributed by atoms with Gasteiger partial charge in [0.25, 0.3) is 0 Å². The molecular formula is C17H22F6N2O3S. The van der Waals surface area contributed by atoms with E-state index in [-0.39, 0.29) is 18.7 Å². The number of halogens is 6. The van der Waals surface area contributed by atoms with Gasteiger partial charge in [-0.2, -0.15) is 26.3 Å². The van der Waals surface area contributed by atoms with Crippen LogP contribution in [0.2, 0.25) is 0 Å². The zero-order chi connectivity index (χ0) is 22.2. The van der Waals surface area contributed by atoms with E-state index in [1.165, 1.54) is 0 Å². The number of aliphatic hydroxyl groups excluding tert-OH is 1. The fourth-order valence-corrected chi connectivity index (χ4v) is 4.86. The molecule has 1 aromatic rings. The molecule has 0 radical (unpaired) electrons. The van der Waals surface area contributed by atoms with E-state index in [1.807, 2.05) is 18.7 Å². The first-order valence-electron chi connectivity index (χ1n) is 8.82. The van der Waals surface area contributed by atoms with Crippen molar-refractivity contribution in [2.45, 2.75) is 49.7 Å². The molecule has 0 amide bonds. The molecule has 0 aliphatic carbocycles. The van der Waals surface area contributed by atoms with Gasteiger partial charge in [0.05, 0.1) is 22.1 Å². The summed E-state index contributed by atoms with van der Waals surface area (Å²) in [7, 11) is -4.96. The summed E-state index contributed by atoms with van der Waals surface area (Å²) in [4.78, 5) is 0.380. The lowest BCUT2D eigenvalue weighted by Gasteiger charge is -2.24. The molecule has 0 spiro atoms. The lowest BCUT2D eigenvalue weighted by Crippen LogP contribution is -2.41. The van der Waals surface area contributed by atoms with Crippen molar-refractivity contribution in [3.63, 3.8) is 0 Å². The maximum atomic E-state index is 13.3.